The first kappa shape index (κ1) is 14.1. The second kappa shape index (κ2) is 6.70. The summed E-state index contributed by atoms with van der Waals surface area (Å²) in [5.74, 6) is 0.174. The van der Waals surface area contributed by atoms with E-state index < -0.39 is 0 Å². The second-order valence-electron chi connectivity index (χ2n) is 4.72. The third-order valence-corrected chi connectivity index (χ3v) is 3.78. The molecule has 1 aromatic carbocycles. The highest BCUT2D eigenvalue weighted by Crippen LogP contribution is 2.26. The molecule has 19 heavy (non-hydrogen) atoms. The minimum absolute atomic E-state index is 0.0858. The van der Waals surface area contributed by atoms with Crippen molar-refractivity contribution in [2.24, 2.45) is 5.92 Å². The number of carbonyl (C=O) groups excluding carboxylic acids is 2. The average Bonchev–Trinajstić information content (AvgIpc) is 2.30. The van der Waals surface area contributed by atoms with E-state index in [4.69, 9.17) is 0 Å². The predicted octanol–water partition coefficient (Wildman–Crippen LogP) is 2.69. The molecule has 2 amide bonds. The first-order valence-corrected chi connectivity index (χ1v) is 7.27. The van der Waals surface area contributed by atoms with Gasteiger partial charge in [-0.15, -0.1) is 0 Å². The van der Waals surface area contributed by atoms with Crippen LogP contribution in [0.2, 0.25) is 0 Å². The maximum Gasteiger partial charge on any atom is 0.226 e. The summed E-state index contributed by atoms with van der Waals surface area (Å²) in [6, 6.07) is 7.39. The summed E-state index contributed by atoms with van der Waals surface area (Å²) in [6.45, 7) is 0.400. The van der Waals surface area contributed by atoms with Gasteiger partial charge in [0, 0.05) is 29.0 Å². The van der Waals surface area contributed by atoms with E-state index in [1.54, 1.807) is 0 Å². The molecule has 2 rings (SSSR count). The Morgan fingerprint density at radius 1 is 1.21 bits per heavy atom. The highest BCUT2D eigenvalue weighted by molar-refractivity contribution is 9.10. The molecule has 0 unspecified atom stereocenters. The maximum atomic E-state index is 11.7. The molecule has 5 heteroatoms. The molecule has 0 heterocycles. The van der Waals surface area contributed by atoms with Gasteiger partial charge in [0.2, 0.25) is 11.8 Å². The Bertz CT molecular complexity index is 455. The Labute approximate surface area is 121 Å². The summed E-state index contributed by atoms with van der Waals surface area (Å²) in [5, 5.41) is 5.59. The Hall–Kier alpha value is -1.36. The van der Waals surface area contributed by atoms with Crippen LogP contribution in [0.25, 0.3) is 0 Å². The second-order valence-corrected chi connectivity index (χ2v) is 5.64. The first-order chi connectivity index (χ1) is 9.15. The van der Waals surface area contributed by atoms with Crippen LogP contribution in [-0.2, 0) is 9.59 Å². The zero-order valence-electron chi connectivity index (χ0n) is 10.6. The summed E-state index contributed by atoms with van der Waals surface area (Å²) in [7, 11) is 0. The summed E-state index contributed by atoms with van der Waals surface area (Å²) >= 11 is 3.34. The summed E-state index contributed by atoms with van der Waals surface area (Å²) in [5.41, 5.74) is 0.763. The van der Waals surface area contributed by atoms with Crippen LogP contribution < -0.4 is 10.6 Å². The molecule has 0 saturated heterocycles. The van der Waals surface area contributed by atoms with Gasteiger partial charge >= 0.3 is 0 Å². The van der Waals surface area contributed by atoms with Crippen LogP contribution in [-0.4, -0.2) is 18.4 Å². The number of hydrogen-bond donors (Lipinski definition) is 2. The van der Waals surface area contributed by atoms with Crippen LogP contribution in [0.1, 0.15) is 25.7 Å². The number of rotatable bonds is 5. The van der Waals surface area contributed by atoms with Crippen molar-refractivity contribution in [2.45, 2.75) is 25.7 Å². The summed E-state index contributed by atoms with van der Waals surface area (Å²) < 4.78 is 0.971. The van der Waals surface area contributed by atoms with E-state index in [1.807, 2.05) is 24.3 Å². The van der Waals surface area contributed by atoms with Gasteiger partial charge in [-0.05, 0) is 37.1 Å². The smallest absolute Gasteiger partial charge is 0.226 e. The van der Waals surface area contributed by atoms with E-state index in [-0.39, 0.29) is 17.7 Å². The van der Waals surface area contributed by atoms with Gasteiger partial charge in [0.25, 0.3) is 0 Å². The van der Waals surface area contributed by atoms with E-state index in [9.17, 15) is 9.59 Å². The Balaban J connectivity index is 1.66. The van der Waals surface area contributed by atoms with Gasteiger partial charge in [-0.1, -0.05) is 22.4 Å². The lowest BCUT2D eigenvalue weighted by atomic mass is 9.85. The standard InChI is InChI=1S/C14H17BrN2O2/c15-11-4-6-12(7-5-11)17-13(18)8-9-16-14(19)10-2-1-3-10/h4-7,10H,1-3,8-9H2,(H,16,19)(H,17,18). The van der Waals surface area contributed by atoms with Gasteiger partial charge < -0.3 is 10.6 Å². The van der Waals surface area contributed by atoms with Crippen molar-refractivity contribution in [1.82, 2.24) is 5.32 Å². The van der Waals surface area contributed by atoms with E-state index in [0.717, 1.165) is 29.4 Å². The van der Waals surface area contributed by atoms with Crippen LogP contribution in [0.4, 0.5) is 5.69 Å². The van der Waals surface area contributed by atoms with Crippen molar-refractivity contribution in [3.63, 3.8) is 0 Å². The van der Waals surface area contributed by atoms with Gasteiger partial charge in [0.1, 0.15) is 0 Å². The van der Waals surface area contributed by atoms with E-state index >= 15 is 0 Å². The zero-order valence-corrected chi connectivity index (χ0v) is 12.2. The summed E-state index contributed by atoms with van der Waals surface area (Å²) in [6.07, 6.45) is 3.41. The molecule has 2 N–H and O–H groups in total. The van der Waals surface area contributed by atoms with Crippen LogP contribution in [0.5, 0.6) is 0 Å². The molecule has 1 saturated carbocycles. The van der Waals surface area contributed by atoms with Gasteiger partial charge in [-0.3, -0.25) is 9.59 Å². The van der Waals surface area contributed by atoms with Gasteiger partial charge in [0.15, 0.2) is 0 Å². The molecule has 102 valence electrons. The van der Waals surface area contributed by atoms with Gasteiger partial charge in [0.05, 0.1) is 0 Å². The molecule has 1 aliphatic carbocycles. The number of anilines is 1. The molecule has 0 spiro atoms. The van der Waals surface area contributed by atoms with E-state index in [0.29, 0.717) is 13.0 Å². The summed E-state index contributed by atoms with van der Waals surface area (Å²) in [4.78, 5) is 23.2. The number of amides is 2. The molecule has 4 nitrogen and oxygen atoms in total. The molecular formula is C14H17BrN2O2. The number of halogens is 1. The van der Waals surface area contributed by atoms with Crippen LogP contribution in [0.3, 0.4) is 0 Å². The molecule has 0 bridgehead atoms. The van der Waals surface area contributed by atoms with Crippen molar-refractivity contribution in [2.75, 3.05) is 11.9 Å². The van der Waals surface area contributed by atoms with E-state index in [1.165, 1.54) is 0 Å². The molecule has 0 atom stereocenters. The third kappa shape index (κ3) is 4.35. The molecule has 1 aromatic rings. The van der Waals surface area contributed by atoms with Crippen LogP contribution >= 0.6 is 15.9 Å². The minimum Gasteiger partial charge on any atom is -0.355 e. The predicted molar refractivity (Wildman–Crippen MR) is 77.7 cm³/mol. The molecule has 1 aliphatic rings. The Kier molecular flexibility index (Phi) is 4.96. The van der Waals surface area contributed by atoms with Crippen LogP contribution in [0.15, 0.2) is 28.7 Å². The Morgan fingerprint density at radius 2 is 1.89 bits per heavy atom. The minimum atomic E-state index is -0.0868. The van der Waals surface area contributed by atoms with Gasteiger partial charge in [-0.2, -0.15) is 0 Å². The lowest BCUT2D eigenvalue weighted by Gasteiger charge is -2.23. The van der Waals surface area contributed by atoms with Crippen LogP contribution in [0, 0.1) is 5.92 Å². The number of nitrogens with one attached hydrogen (secondary N) is 2. The van der Waals surface area contributed by atoms with Crippen molar-refractivity contribution < 1.29 is 9.59 Å². The highest BCUT2D eigenvalue weighted by Gasteiger charge is 2.24. The lowest BCUT2D eigenvalue weighted by Crippen LogP contribution is -2.36. The van der Waals surface area contributed by atoms with Crippen molar-refractivity contribution >= 4 is 33.4 Å². The SMILES string of the molecule is O=C(CCNC(=O)C1CCC1)Nc1ccc(Br)cc1. The van der Waals surface area contributed by atoms with Gasteiger partial charge in [-0.25, -0.2) is 0 Å². The number of benzene rings is 1. The molecular weight excluding hydrogens is 308 g/mol. The average molecular weight is 325 g/mol. The fourth-order valence-corrected chi connectivity index (χ4v) is 2.14. The Morgan fingerprint density at radius 3 is 2.47 bits per heavy atom. The highest BCUT2D eigenvalue weighted by atomic mass is 79.9. The van der Waals surface area contributed by atoms with E-state index in [2.05, 4.69) is 26.6 Å². The normalized spacial score (nSPS) is 14.6. The molecule has 0 aromatic heterocycles. The zero-order chi connectivity index (χ0) is 13.7. The quantitative estimate of drug-likeness (QED) is 0.874. The fourth-order valence-electron chi connectivity index (χ4n) is 1.87. The molecule has 0 aliphatic heterocycles. The molecule has 1 fully saturated rings. The maximum absolute atomic E-state index is 11.7. The van der Waals surface area contributed by atoms with Crippen molar-refractivity contribution in [3.8, 4) is 0 Å². The lowest BCUT2D eigenvalue weighted by molar-refractivity contribution is -0.127. The number of carbonyl (C=O) groups is 2. The largest absolute Gasteiger partial charge is 0.355 e. The monoisotopic (exact) mass is 324 g/mol. The third-order valence-electron chi connectivity index (χ3n) is 3.26. The van der Waals surface area contributed by atoms with Crippen molar-refractivity contribution in [1.29, 1.82) is 0 Å². The van der Waals surface area contributed by atoms with Crippen molar-refractivity contribution in [3.05, 3.63) is 28.7 Å². The molecule has 0 radical (unpaired) electrons. The first-order valence-electron chi connectivity index (χ1n) is 6.48. The number of hydrogen-bond acceptors (Lipinski definition) is 2. The topological polar surface area (TPSA) is 58.2 Å². The fraction of sp³-hybridized carbons (Fsp3) is 0.429.